The SMILES string of the molecule is CC(c1ccccc1Cl)N(C)C(=O)c1ccc(N)c(Cl)c1. The van der Waals surface area contributed by atoms with E-state index in [-0.39, 0.29) is 11.9 Å². The molecule has 0 fully saturated rings. The number of carbonyl (C=O) groups is 1. The summed E-state index contributed by atoms with van der Waals surface area (Å²) >= 11 is 12.2. The molecule has 1 atom stereocenters. The van der Waals surface area contributed by atoms with Gasteiger partial charge < -0.3 is 10.6 Å². The van der Waals surface area contributed by atoms with Crippen LogP contribution in [-0.4, -0.2) is 17.9 Å². The topological polar surface area (TPSA) is 46.3 Å². The van der Waals surface area contributed by atoms with E-state index in [4.69, 9.17) is 28.9 Å². The molecule has 0 spiro atoms. The summed E-state index contributed by atoms with van der Waals surface area (Å²) in [4.78, 5) is 14.1. The zero-order valence-electron chi connectivity index (χ0n) is 11.8. The minimum Gasteiger partial charge on any atom is -0.398 e. The maximum Gasteiger partial charge on any atom is 0.254 e. The molecule has 0 aliphatic carbocycles. The first-order chi connectivity index (χ1) is 9.91. The molecule has 2 aromatic rings. The average molecular weight is 323 g/mol. The summed E-state index contributed by atoms with van der Waals surface area (Å²) in [6, 6.07) is 12.2. The fraction of sp³-hybridized carbons (Fsp3) is 0.188. The number of hydrogen-bond donors (Lipinski definition) is 1. The molecule has 2 rings (SSSR count). The molecule has 0 aliphatic rings. The van der Waals surface area contributed by atoms with Crippen LogP contribution < -0.4 is 5.73 Å². The lowest BCUT2D eigenvalue weighted by molar-refractivity contribution is 0.0743. The third kappa shape index (κ3) is 3.31. The molecule has 110 valence electrons. The number of rotatable bonds is 3. The Hall–Kier alpha value is -1.71. The molecular weight excluding hydrogens is 307 g/mol. The monoisotopic (exact) mass is 322 g/mol. The second-order valence-electron chi connectivity index (χ2n) is 4.85. The standard InChI is InChI=1S/C16H16Cl2N2O/c1-10(12-5-3-4-6-13(12)17)20(2)16(21)11-7-8-15(19)14(18)9-11/h3-10H,19H2,1-2H3. The van der Waals surface area contributed by atoms with E-state index < -0.39 is 0 Å². The van der Waals surface area contributed by atoms with Crippen molar-refractivity contribution in [2.75, 3.05) is 12.8 Å². The van der Waals surface area contributed by atoms with Crippen LogP contribution in [0.3, 0.4) is 0 Å². The molecule has 0 aliphatic heterocycles. The van der Waals surface area contributed by atoms with E-state index in [1.807, 2.05) is 31.2 Å². The van der Waals surface area contributed by atoms with Crippen molar-refractivity contribution < 1.29 is 4.79 Å². The Labute approximate surface area is 134 Å². The summed E-state index contributed by atoms with van der Waals surface area (Å²) in [5.41, 5.74) is 7.51. The molecule has 1 amide bonds. The number of carbonyl (C=O) groups excluding carboxylic acids is 1. The lowest BCUT2D eigenvalue weighted by Gasteiger charge is -2.26. The first-order valence-electron chi connectivity index (χ1n) is 6.48. The highest BCUT2D eigenvalue weighted by atomic mass is 35.5. The van der Waals surface area contributed by atoms with E-state index in [9.17, 15) is 4.79 Å². The maximum absolute atomic E-state index is 12.5. The molecule has 0 heterocycles. The molecule has 0 saturated heterocycles. The second kappa shape index (κ2) is 6.37. The van der Waals surface area contributed by atoms with Crippen molar-refractivity contribution in [3.63, 3.8) is 0 Å². The van der Waals surface area contributed by atoms with Gasteiger partial charge in [0, 0.05) is 17.6 Å². The van der Waals surface area contributed by atoms with Gasteiger partial charge in [0.15, 0.2) is 0 Å². The van der Waals surface area contributed by atoms with E-state index in [1.54, 1.807) is 30.1 Å². The van der Waals surface area contributed by atoms with Gasteiger partial charge in [-0.2, -0.15) is 0 Å². The number of nitrogens with zero attached hydrogens (tertiary/aromatic N) is 1. The summed E-state index contributed by atoms with van der Waals surface area (Å²) in [6.45, 7) is 1.93. The minimum absolute atomic E-state index is 0.135. The Morgan fingerprint density at radius 1 is 1.14 bits per heavy atom. The highest BCUT2D eigenvalue weighted by Crippen LogP contribution is 2.28. The van der Waals surface area contributed by atoms with Crippen LogP contribution in [0.2, 0.25) is 10.0 Å². The Morgan fingerprint density at radius 2 is 1.81 bits per heavy atom. The molecule has 1 unspecified atom stereocenters. The molecule has 2 N–H and O–H groups in total. The quantitative estimate of drug-likeness (QED) is 0.851. The summed E-state index contributed by atoms with van der Waals surface area (Å²) in [7, 11) is 1.74. The van der Waals surface area contributed by atoms with Gasteiger partial charge in [-0.15, -0.1) is 0 Å². The molecule has 21 heavy (non-hydrogen) atoms. The van der Waals surface area contributed by atoms with Crippen molar-refractivity contribution in [3.05, 3.63) is 63.6 Å². The number of amides is 1. The fourth-order valence-corrected chi connectivity index (χ4v) is 2.54. The van der Waals surface area contributed by atoms with Crippen LogP contribution in [0.25, 0.3) is 0 Å². The van der Waals surface area contributed by atoms with Gasteiger partial charge in [0.2, 0.25) is 0 Å². The first-order valence-corrected chi connectivity index (χ1v) is 7.24. The number of nitrogen functional groups attached to an aromatic ring is 1. The summed E-state index contributed by atoms with van der Waals surface area (Å²) in [5.74, 6) is -0.135. The summed E-state index contributed by atoms with van der Waals surface area (Å²) in [5, 5.41) is 1.01. The first kappa shape index (κ1) is 15.7. The number of halogens is 2. The lowest BCUT2D eigenvalue weighted by Crippen LogP contribution is -2.29. The van der Waals surface area contributed by atoms with Crippen molar-refractivity contribution in [2.24, 2.45) is 0 Å². The van der Waals surface area contributed by atoms with Crippen LogP contribution in [0.5, 0.6) is 0 Å². The highest BCUT2D eigenvalue weighted by molar-refractivity contribution is 6.33. The Bertz CT molecular complexity index is 673. The van der Waals surface area contributed by atoms with Gasteiger partial charge in [-0.3, -0.25) is 4.79 Å². The molecule has 3 nitrogen and oxygen atoms in total. The third-order valence-electron chi connectivity index (χ3n) is 3.50. The van der Waals surface area contributed by atoms with Crippen LogP contribution in [0.1, 0.15) is 28.9 Å². The molecule has 2 aromatic carbocycles. The Morgan fingerprint density at radius 3 is 2.43 bits per heavy atom. The third-order valence-corrected chi connectivity index (χ3v) is 4.18. The van der Waals surface area contributed by atoms with Crippen LogP contribution in [0, 0.1) is 0 Å². The van der Waals surface area contributed by atoms with Crippen LogP contribution in [0.15, 0.2) is 42.5 Å². The Kier molecular flexibility index (Phi) is 4.76. The van der Waals surface area contributed by atoms with Gasteiger partial charge in [-0.25, -0.2) is 0 Å². The number of hydrogen-bond acceptors (Lipinski definition) is 2. The van der Waals surface area contributed by atoms with Gasteiger partial charge in [0.05, 0.1) is 16.8 Å². The van der Waals surface area contributed by atoms with E-state index >= 15 is 0 Å². The molecular formula is C16H16Cl2N2O. The molecule has 0 aromatic heterocycles. The van der Waals surface area contributed by atoms with Gasteiger partial charge in [0.25, 0.3) is 5.91 Å². The number of benzene rings is 2. The predicted molar refractivity (Wildman–Crippen MR) is 87.8 cm³/mol. The zero-order valence-corrected chi connectivity index (χ0v) is 13.3. The number of nitrogens with two attached hydrogens (primary N) is 1. The smallest absolute Gasteiger partial charge is 0.254 e. The van der Waals surface area contributed by atoms with Crippen molar-refractivity contribution in [1.82, 2.24) is 4.90 Å². The van der Waals surface area contributed by atoms with E-state index in [2.05, 4.69) is 0 Å². The molecule has 0 bridgehead atoms. The average Bonchev–Trinajstić information content (AvgIpc) is 2.48. The van der Waals surface area contributed by atoms with E-state index in [1.165, 1.54) is 0 Å². The van der Waals surface area contributed by atoms with Crippen LogP contribution in [-0.2, 0) is 0 Å². The van der Waals surface area contributed by atoms with Crippen LogP contribution >= 0.6 is 23.2 Å². The van der Waals surface area contributed by atoms with E-state index in [0.29, 0.717) is 21.3 Å². The molecule has 0 saturated carbocycles. The van der Waals surface area contributed by atoms with Gasteiger partial charge in [-0.1, -0.05) is 41.4 Å². The van der Waals surface area contributed by atoms with Crippen molar-refractivity contribution in [1.29, 1.82) is 0 Å². The van der Waals surface area contributed by atoms with Crippen molar-refractivity contribution in [2.45, 2.75) is 13.0 Å². The highest BCUT2D eigenvalue weighted by Gasteiger charge is 2.20. The number of anilines is 1. The van der Waals surface area contributed by atoms with Gasteiger partial charge in [0.1, 0.15) is 0 Å². The Balaban J connectivity index is 2.26. The largest absolute Gasteiger partial charge is 0.398 e. The zero-order chi connectivity index (χ0) is 15.6. The van der Waals surface area contributed by atoms with E-state index in [0.717, 1.165) is 5.56 Å². The normalized spacial score (nSPS) is 12.0. The summed E-state index contributed by atoms with van der Waals surface area (Å²) < 4.78 is 0. The second-order valence-corrected chi connectivity index (χ2v) is 5.66. The van der Waals surface area contributed by atoms with Crippen LogP contribution in [0.4, 0.5) is 5.69 Å². The predicted octanol–water partition coefficient (Wildman–Crippen LogP) is 4.41. The fourth-order valence-electron chi connectivity index (χ4n) is 2.06. The lowest BCUT2D eigenvalue weighted by atomic mass is 10.1. The maximum atomic E-state index is 12.5. The molecule has 5 heteroatoms. The van der Waals surface area contributed by atoms with Crippen molar-refractivity contribution >= 4 is 34.8 Å². The summed E-state index contributed by atoms with van der Waals surface area (Å²) in [6.07, 6.45) is 0. The molecule has 0 radical (unpaired) electrons. The van der Waals surface area contributed by atoms with Gasteiger partial charge in [-0.05, 0) is 36.8 Å². The minimum atomic E-state index is -0.150. The van der Waals surface area contributed by atoms with Crippen molar-refractivity contribution in [3.8, 4) is 0 Å². The van der Waals surface area contributed by atoms with Gasteiger partial charge >= 0.3 is 0 Å².